The Morgan fingerprint density at radius 2 is 1.94 bits per heavy atom. The van der Waals surface area contributed by atoms with Gasteiger partial charge >= 0.3 is 0 Å². The lowest BCUT2D eigenvalue weighted by molar-refractivity contribution is -0.128. The molecular formula is C26H25N5O2. The molecule has 0 unspecified atom stereocenters. The van der Waals surface area contributed by atoms with E-state index in [1.165, 1.54) is 0 Å². The fourth-order valence-electron chi connectivity index (χ4n) is 5.24. The van der Waals surface area contributed by atoms with E-state index in [-0.39, 0.29) is 24.2 Å². The average Bonchev–Trinajstić information content (AvgIpc) is 3.46. The third-order valence-electron chi connectivity index (χ3n) is 6.62. The molecule has 2 aliphatic heterocycles. The smallest absolute Gasteiger partial charge is 0.240 e. The third kappa shape index (κ3) is 3.05. The maximum Gasteiger partial charge on any atom is 0.240 e. The Kier molecular flexibility index (Phi) is 4.82. The number of aromatic nitrogens is 3. The van der Waals surface area contributed by atoms with Crippen LogP contribution in [0, 0.1) is 18.3 Å². The molecule has 3 heterocycles. The third-order valence-corrected chi connectivity index (χ3v) is 6.62. The molecule has 0 bridgehead atoms. The van der Waals surface area contributed by atoms with Crippen LogP contribution in [0.4, 0.5) is 5.69 Å². The largest absolute Gasteiger partial charge is 0.337 e. The van der Waals surface area contributed by atoms with Crippen molar-refractivity contribution in [1.29, 1.82) is 0 Å². The molecule has 7 heteroatoms. The van der Waals surface area contributed by atoms with E-state index in [2.05, 4.69) is 30.1 Å². The lowest BCUT2D eigenvalue weighted by Crippen LogP contribution is -2.45. The van der Waals surface area contributed by atoms with Gasteiger partial charge in [-0.05, 0) is 41.2 Å². The summed E-state index contributed by atoms with van der Waals surface area (Å²) < 4.78 is 1.61. The van der Waals surface area contributed by atoms with E-state index in [1.54, 1.807) is 22.8 Å². The maximum atomic E-state index is 14.2. The number of benzene rings is 2. The number of hydrogen-bond donors (Lipinski definition) is 0. The van der Waals surface area contributed by atoms with Crippen molar-refractivity contribution in [3.8, 4) is 18.0 Å². The first-order valence-corrected chi connectivity index (χ1v) is 11.0. The zero-order valence-electron chi connectivity index (χ0n) is 18.9. The minimum absolute atomic E-state index is 0.0298. The zero-order valence-corrected chi connectivity index (χ0v) is 18.9. The van der Waals surface area contributed by atoms with Gasteiger partial charge in [-0.25, -0.2) is 4.68 Å². The summed E-state index contributed by atoms with van der Waals surface area (Å²) in [6, 6.07) is 15.2. The van der Waals surface area contributed by atoms with Crippen LogP contribution in [-0.4, -0.2) is 45.3 Å². The number of amides is 2. The lowest BCUT2D eigenvalue weighted by Gasteiger charge is -2.33. The van der Waals surface area contributed by atoms with Crippen molar-refractivity contribution >= 4 is 17.5 Å². The molecule has 1 spiro atoms. The average molecular weight is 440 g/mol. The second kappa shape index (κ2) is 7.59. The number of nitrogens with zero attached hydrogens (tertiary/aromatic N) is 5. The van der Waals surface area contributed by atoms with Crippen LogP contribution in [0.15, 0.2) is 54.7 Å². The molecule has 0 radical (unpaired) electrons. The van der Waals surface area contributed by atoms with Crippen molar-refractivity contribution in [2.75, 3.05) is 18.5 Å². The van der Waals surface area contributed by atoms with Crippen molar-refractivity contribution in [2.45, 2.75) is 31.7 Å². The predicted octanol–water partition coefficient (Wildman–Crippen LogP) is 3.09. The predicted molar refractivity (Wildman–Crippen MR) is 125 cm³/mol. The Balaban J connectivity index is 1.74. The molecule has 0 N–H and O–H groups in total. The SMILES string of the molecule is C#Cc1cn(-c2ccc3c(c2)[C@@]2(CC(=O)N(C)[C@@H]2c2ccccc2)C(=O)N3CC(C)C)nn1. The molecule has 0 saturated carbocycles. The first-order valence-electron chi connectivity index (χ1n) is 11.0. The minimum atomic E-state index is -1.01. The summed E-state index contributed by atoms with van der Waals surface area (Å²) in [5.74, 6) is 2.68. The second-order valence-corrected chi connectivity index (χ2v) is 9.17. The van der Waals surface area contributed by atoms with E-state index in [0.717, 1.165) is 22.5 Å². The van der Waals surface area contributed by atoms with Gasteiger partial charge in [0.25, 0.3) is 0 Å². The number of carbonyl (C=O) groups is 2. The van der Waals surface area contributed by atoms with Gasteiger partial charge in [0.05, 0.1) is 17.9 Å². The summed E-state index contributed by atoms with van der Waals surface area (Å²) in [6.45, 7) is 4.75. The number of fused-ring (bicyclic) bond motifs is 2. The molecular weight excluding hydrogens is 414 g/mol. The summed E-state index contributed by atoms with van der Waals surface area (Å²) in [6.07, 6.45) is 7.26. The summed E-state index contributed by atoms with van der Waals surface area (Å²) >= 11 is 0. The van der Waals surface area contributed by atoms with Crippen molar-refractivity contribution in [3.05, 3.63) is 71.5 Å². The van der Waals surface area contributed by atoms with E-state index in [9.17, 15) is 9.59 Å². The van der Waals surface area contributed by atoms with Crippen LogP contribution in [0.5, 0.6) is 0 Å². The molecule has 33 heavy (non-hydrogen) atoms. The van der Waals surface area contributed by atoms with Gasteiger partial charge in [-0.1, -0.05) is 49.4 Å². The first-order chi connectivity index (χ1) is 15.9. The van der Waals surface area contributed by atoms with Crippen LogP contribution in [0.25, 0.3) is 5.69 Å². The standard InChI is InChI=1S/C26H25N5O2/c1-5-19-16-31(28-27-19)20-11-12-22-21(13-20)26(25(33)30(22)15-17(2)3)14-23(32)29(4)24(26)18-9-7-6-8-10-18/h1,6-13,16-17,24H,14-15H2,2-4H3/t24-,26-/m1/s1. The van der Waals surface area contributed by atoms with Crippen LogP contribution in [0.1, 0.15) is 43.1 Å². The normalized spacial score (nSPS) is 21.8. The van der Waals surface area contributed by atoms with Crippen molar-refractivity contribution < 1.29 is 9.59 Å². The molecule has 1 fully saturated rings. The van der Waals surface area contributed by atoms with Crippen LogP contribution < -0.4 is 4.90 Å². The maximum absolute atomic E-state index is 14.2. The fourth-order valence-corrected chi connectivity index (χ4v) is 5.24. The second-order valence-electron chi connectivity index (χ2n) is 9.17. The number of rotatable bonds is 4. The van der Waals surface area contributed by atoms with Gasteiger partial charge in [0.15, 0.2) is 5.69 Å². The summed E-state index contributed by atoms with van der Waals surface area (Å²) in [5, 5.41) is 8.13. The van der Waals surface area contributed by atoms with Gasteiger partial charge in [0.1, 0.15) is 5.41 Å². The van der Waals surface area contributed by atoms with E-state index in [4.69, 9.17) is 6.42 Å². The minimum Gasteiger partial charge on any atom is -0.337 e. The Morgan fingerprint density at radius 3 is 2.61 bits per heavy atom. The molecule has 0 aliphatic carbocycles. The lowest BCUT2D eigenvalue weighted by atomic mass is 9.72. The van der Waals surface area contributed by atoms with Gasteiger partial charge in [0.2, 0.25) is 11.8 Å². The van der Waals surface area contributed by atoms with Crippen molar-refractivity contribution in [3.63, 3.8) is 0 Å². The molecule has 2 aliphatic rings. The summed E-state index contributed by atoms with van der Waals surface area (Å²) in [7, 11) is 1.78. The van der Waals surface area contributed by atoms with Gasteiger partial charge in [-0.15, -0.1) is 11.5 Å². The number of terminal acetylenes is 1. The molecule has 7 nitrogen and oxygen atoms in total. The summed E-state index contributed by atoms with van der Waals surface area (Å²) in [4.78, 5) is 30.9. The first kappa shape index (κ1) is 21.0. The van der Waals surface area contributed by atoms with E-state index in [1.807, 2.05) is 53.4 Å². The van der Waals surface area contributed by atoms with E-state index < -0.39 is 11.5 Å². The fraction of sp³-hybridized carbons (Fsp3) is 0.308. The molecule has 3 aromatic rings. The number of hydrogen-bond acceptors (Lipinski definition) is 4. The topological polar surface area (TPSA) is 71.3 Å². The number of anilines is 1. The molecule has 2 amide bonds. The quantitative estimate of drug-likeness (QED) is 0.586. The molecule has 1 saturated heterocycles. The molecule has 1 aromatic heterocycles. The highest BCUT2D eigenvalue weighted by atomic mass is 16.2. The Bertz CT molecular complexity index is 1290. The highest BCUT2D eigenvalue weighted by Crippen LogP contribution is 2.57. The van der Waals surface area contributed by atoms with Gasteiger partial charge in [0, 0.05) is 25.7 Å². The number of likely N-dealkylation sites (N-methyl/N-ethyl adjacent to an activating group) is 1. The van der Waals surface area contributed by atoms with E-state index in [0.29, 0.717) is 12.2 Å². The van der Waals surface area contributed by atoms with Crippen LogP contribution in [0.3, 0.4) is 0 Å². The summed E-state index contributed by atoms with van der Waals surface area (Å²) in [5.41, 5.74) is 2.80. The molecule has 166 valence electrons. The van der Waals surface area contributed by atoms with Crippen LogP contribution in [-0.2, 0) is 15.0 Å². The van der Waals surface area contributed by atoms with Gasteiger partial charge in [-0.2, -0.15) is 0 Å². The highest BCUT2D eigenvalue weighted by molar-refractivity contribution is 6.12. The number of carbonyl (C=O) groups excluding carboxylic acids is 2. The van der Waals surface area contributed by atoms with E-state index >= 15 is 0 Å². The Hall–Kier alpha value is -3.92. The van der Waals surface area contributed by atoms with Crippen molar-refractivity contribution in [2.24, 2.45) is 5.92 Å². The molecule has 5 rings (SSSR count). The molecule has 2 atom stereocenters. The van der Waals surface area contributed by atoms with Gasteiger partial charge < -0.3 is 9.80 Å². The van der Waals surface area contributed by atoms with Crippen LogP contribution >= 0.6 is 0 Å². The zero-order chi connectivity index (χ0) is 23.3. The Labute approximate surface area is 193 Å². The number of likely N-dealkylation sites (tertiary alicyclic amines) is 1. The Morgan fingerprint density at radius 1 is 1.18 bits per heavy atom. The monoisotopic (exact) mass is 439 g/mol. The van der Waals surface area contributed by atoms with Gasteiger partial charge in [-0.3, -0.25) is 9.59 Å². The molecule has 2 aromatic carbocycles. The van der Waals surface area contributed by atoms with Crippen LogP contribution in [0.2, 0.25) is 0 Å². The van der Waals surface area contributed by atoms with Crippen molar-refractivity contribution in [1.82, 2.24) is 19.9 Å². The highest BCUT2D eigenvalue weighted by Gasteiger charge is 2.62.